The van der Waals surface area contributed by atoms with E-state index >= 15 is 0 Å². The summed E-state index contributed by atoms with van der Waals surface area (Å²) in [5.41, 5.74) is 1.18. The van der Waals surface area contributed by atoms with Gasteiger partial charge in [0.15, 0.2) is 0 Å². The van der Waals surface area contributed by atoms with Gasteiger partial charge in [-0.15, -0.1) is 0 Å². The van der Waals surface area contributed by atoms with Gasteiger partial charge in [-0.05, 0) is 37.5 Å². The highest BCUT2D eigenvalue weighted by Crippen LogP contribution is 2.31. The molecule has 4 heteroatoms. The Bertz CT molecular complexity index is 446. The first kappa shape index (κ1) is 15.3. The number of unbranched alkanes of at least 4 members (excludes halogenated alkanes) is 1. The van der Waals surface area contributed by atoms with Gasteiger partial charge in [0, 0.05) is 17.6 Å². The zero-order valence-electron chi connectivity index (χ0n) is 12.1. The van der Waals surface area contributed by atoms with Gasteiger partial charge in [0.2, 0.25) is 0 Å². The monoisotopic (exact) mass is 295 g/mol. The normalized spacial score (nSPS) is 20.2. The predicted octanol–water partition coefficient (Wildman–Crippen LogP) is 3.82. The van der Waals surface area contributed by atoms with Crippen molar-refractivity contribution >= 4 is 17.6 Å². The second kappa shape index (κ2) is 7.09. The highest BCUT2D eigenvalue weighted by molar-refractivity contribution is 6.30. The first-order chi connectivity index (χ1) is 9.63. The van der Waals surface area contributed by atoms with Gasteiger partial charge in [0.25, 0.3) is 0 Å². The van der Waals surface area contributed by atoms with E-state index < -0.39 is 0 Å². The topological polar surface area (TPSA) is 29.5 Å². The number of halogens is 1. The molecule has 1 aromatic carbocycles. The summed E-state index contributed by atoms with van der Waals surface area (Å²) in [6.45, 7) is 5.69. The van der Waals surface area contributed by atoms with Crippen LogP contribution in [0.3, 0.4) is 0 Å². The molecule has 3 nitrogen and oxygen atoms in total. The van der Waals surface area contributed by atoms with Crippen LogP contribution in [0, 0.1) is 0 Å². The standard InChI is InChI=1S/C16H22ClNO2/c1-3-4-11-20-16(19)15-9-10-18(15)12(2)13-5-7-14(17)8-6-13/h5-8,12,15H,3-4,9-11H2,1-2H3. The Labute approximate surface area is 125 Å². The SMILES string of the molecule is CCCCOC(=O)C1CCN1C(C)c1ccc(Cl)cc1. The van der Waals surface area contributed by atoms with Gasteiger partial charge < -0.3 is 4.74 Å². The quantitative estimate of drug-likeness (QED) is 0.590. The summed E-state index contributed by atoms with van der Waals surface area (Å²) in [6.07, 6.45) is 2.87. The van der Waals surface area contributed by atoms with Gasteiger partial charge in [-0.3, -0.25) is 9.69 Å². The number of benzene rings is 1. The van der Waals surface area contributed by atoms with Gasteiger partial charge >= 0.3 is 5.97 Å². The summed E-state index contributed by atoms with van der Waals surface area (Å²) in [5.74, 6) is -0.0782. The van der Waals surface area contributed by atoms with Crippen LogP contribution in [-0.4, -0.2) is 30.1 Å². The smallest absolute Gasteiger partial charge is 0.323 e. The summed E-state index contributed by atoms with van der Waals surface area (Å²) in [5, 5.41) is 0.736. The third-order valence-electron chi connectivity index (χ3n) is 3.93. The van der Waals surface area contributed by atoms with Gasteiger partial charge in [0.1, 0.15) is 6.04 Å². The lowest BCUT2D eigenvalue weighted by molar-refractivity contribution is -0.157. The molecule has 2 rings (SSSR count). The summed E-state index contributed by atoms with van der Waals surface area (Å²) in [4.78, 5) is 14.2. The molecule has 0 aliphatic carbocycles. The molecule has 1 saturated heterocycles. The van der Waals surface area contributed by atoms with Crippen molar-refractivity contribution in [1.82, 2.24) is 4.90 Å². The van der Waals surface area contributed by atoms with E-state index in [1.807, 2.05) is 24.3 Å². The second-order valence-corrected chi connectivity index (χ2v) is 5.73. The number of carbonyl (C=O) groups is 1. The Kier molecular flexibility index (Phi) is 5.44. The van der Waals surface area contributed by atoms with E-state index in [1.165, 1.54) is 5.56 Å². The molecule has 1 aliphatic rings. The van der Waals surface area contributed by atoms with Crippen LogP contribution in [0.15, 0.2) is 24.3 Å². The fourth-order valence-electron chi connectivity index (χ4n) is 2.47. The van der Waals surface area contributed by atoms with Crippen molar-refractivity contribution in [3.8, 4) is 0 Å². The molecule has 20 heavy (non-hydrogen) atoms. The Morgan fingerprint density at radius 3 is 2.70 bits per heavy atom. The number of hydrogen-bond acceptors (Lipinski definition) is 3. The molecular formula is C16H22ClNO2. The van der Waals surface area contributed by atoms with Crippen LogP contribution >= 0.6 is 11.6 Å². The number of nitrogens with zero attached hydrogens (tertiary/aromatic N) is 1. The number of esters is 1. The molecule has 0 spiro atoms. The van der Waals surface area contributed by atoms with E-state index in [1.54, 1.807) is 0 Å². The lowest BCUT2D eigenvalue weighted by Crippen LogP contribution is -2.53. The van der Waals surface area contributed by atoms with Crippen molar-refractivity contribution in [2.75, 3.05) is 13.2 Å². The Balaban J connectivity index is 1.92. The molecule has 1 fully saturated rings. The maximum atomic E-state index is 12.0. The van der Waals surface area contributed by atoms with Crippen LogP contribution in [0.1, 0.15) is 44.7 Å². The van der Waals surface area contributed by atoms with Crippen LogP contribution in [0.5, 0.6) is 0 Å². The second-order valence-electron chi connectivity index (χ2n) is 5.29. The molecule has 0 bridgehead atoms. The molecule has 0 radical (unpaired) electrons. The molecule has 1 heterocycles. The molecule has 2 atom stereocenters. The van der Waals surface area contributed by atoms with Gasteiger partial charge in [0.05, 0.1) is 6.61 Å². The van der Waals surface area contributed by atoms with Crippen LogP contribution in [0.2, 0.25) is 5.02 Å². The number of hydrogen-bond donors (Lipinski definition) is 0. The maximum Gasteiger partial charge on any atom is 0.323 e. The zero-order valence-corrected chi connectivity index (χ0v) is 12.9. The largest absolute Gasteiger partial charge is 0.465 e. The number of carbonyl (C=O) groups excluding carboxylic acids is 1. The van der Waals surface area contributed by atoms with Crippen molar-refractivity contribution in [2.24, 2.45) is 0 Å². The average molecular weight is 296 g/mol. The molecule has 1 aliphatic heterocycles. The van der Waals surface area contributed by atoms with Gasteiger partial charge in [-0.25, -0.2) is 0 Å². The minimum Gasteiger partial charge on any atom is -0.465 e. The van der Waals surface area contributed by atoms with Crippen LogP contribution in [-0.2, 0) is 9.53 Å². The van der Waals surface area contributed by atoms with Crippen LogP contribution in [0.4, 0.5) is 0 Å². The molecular weight excluding hydrogens is 274 g/mol. The fraction of sp³-hybridized carbons (Fsp3) is 0.562. The fourth-order valence-corrected chi connectivity index (χ4v) is 2.60. The van der Waals surface area contributed by atoms with Crippen molar-refractivity contribution in [3.63, 3.8) is 0 Å². The van der Waals surface area contributed by atoms with E-state index in [2.05, 4.69) is 18.7 Å². The third kappa shape index (κ3) is 3.53. The third-order valence-corrected chi connectivity index (χ3v) is 4.18. The maximum absolute atomic E-state index is 12.0. The highest BCUT2D eigenvalue weighted by Gasteiger charge is 2.38. The molecule has 0 aromatic heterocycles. The lowest BCUT2D eigenvalue weighted by Gasteiger charge is -2.43. The highest BCUT2D eigenvalue weighted by atomic mass is 35.5. The van der Waals surface area contributed by atoms with Gasteiger partial charge in [-0.1, -0.05) is 37.1 Å². The summed E-state index contributed by atoms with van der Waals surface area (Å²) < 4.78 is 5.32. The number of likely N-dealkylation sites (tertiary alicyclic amines) is 1. The Hall–Kier alpha value is -1.06. The average Bonchev–Trinajstić information content (AvgIpc) is 2.38. The predicted molar refractivity (Wildman–Crippen MR) is 80.8 cm³/mol. The van der Waals surface area contributed by atoms with Crippen molar-refractivity contribution in [1.29, 1.82) is 0 Å². The molecule has 1 aromatic rings. The van der Waals surface area contributed by atoms with E-state index in [4.69, 9.17) is 16.3 Å². The summed E-state index contributed by atoms with van der Waals surface area (Å²) in [6, 6.07) is 7.95. The first-order valence-corrected chi connectivity index (χ1v) is 7.69. The summed E-state index contributed by atoms with van der Waals surface area (Å²) in [7, 11) is 0. The van der Waals surface area contributed by atoms with E-state index in [-0.39, 0.29) is 18.1 Å². The molecule has 0 N–H and O–H groups in total. The van der Waals surface area contributed by atoms with Crippen LogP contribution in [0.25, 0.3) is 0 Å². The minimum absolute atomic E-state index is 0.0782. The molecule has 0 saturated carbocycles. The van der Waals surface area contributed by atoms with E-state index in [0.29, 0.717) is 6.61 Å². The Morgan fingerprint density at radius 2 is 2.15 bits per heavy atom. The van der Waals surface area contributed by atoms with Crippen molar-refractivity contribution in [3.05, 3.63) is 34.9 Å². The van der Waals surface area contributed by atoms with Gasteiger partial charge in [-0.2, -0.15) is 0 Å². The Morgan fingerprint density at radius 1 is 1.45 bits per heavy atom. The van der Waals surface area contributed by atoms with Crippen LogP contribution < -0.4 is 0 Å². The minimum atomic E-state index is -0.0856. The molecule has 2 unspecified atom stereocenters. The number of ether oxygens (including phenoxy) is 1. The summed E-state index contributed by atoms with van der Waals surface area (Å²) >= 11 is 5.91. The van der Waals surface area contributed by atoms with E-state index in [9.17, 15) is 4.79 Å². The first-order valence-electron chi connectivity index (χ1n) is 7.31. The molecule has 110 valence electrons. The van der Waals surface area contributed by atoms with E-state index in [0.717, 1.165) is 30.8 Å². The van der Waals surface area contributed by atoms with Crippen molar-refractivity contribution < 1.29 is 9.53 Å². The zero-order chi connectivity index (χ0) is 14.5. The molecule has 0 amide bonds. The van der Waals surface area contributed by atoms with Crippen molar-refractivity contribution in [2.45, 2.75) is 45.2 Å². The number of rotatable bonds is 6. The lowest BCUT2D eigenvalue weighted by atomic mass is 9.96.